The van der Waals surface area contributed by atoms with Gasteiger partial charge in [0.1, 0.15) is 0 Å². The Morgan fingerprint density at radius 3 is 3.00 bits per heavy atom. The fourth-order valence-electron chi connectivity index (χ4n) is 1.49. The zero-order valence-electron chi connectivity index (χ0n) is 9.89. The molecule has 2 rings (SSSR count). The number of benzene rings is 1. The highest BCUT2D eigenvalue weighted by molar-refractivity contribution is 6.33. The molecule has 0 atom stereocenters. The van der Waals surface area contributed by atoms with Gasteiger partial charge in [0.15, 0.2) is 0 Å². The van der Waals surface area contributed by atoms with Crippen LogP contribution in [0.4, 0.5) is 0 Å². The summed E-state index contributed by atoms with van der Waals surface area (Å²) in [6.45, 7) is 0. The van der Waals surface area contributed by atoms with E-state index in [0.29, 0.717) is 16.3 Å². The fourth-order valence-corrected chi connectivity index (χ4v) is 1.67. The second kappa shape index (κ2) is 6.10. The summed E-state index contributed by atoms with van der Waals surface area (Å²) >= 11 is 5.92. The van der Waals surface area contributed by atoms with E-state index in [1.165, 1.54) is 6.21 Å². The third kappa shape index (κ3) is 3.89. The Morgan fingerprint density at radius 2 is 2.32 bits per heavy atom. The predicted octanol–water partition coefficient (Wildman–Crippen LogP) is 1.06. The minimum atomic E-state index is -0.335. The molecule has 0 unspecified atom stereocenters. The lowest BCUT2D eigenvalue weighted by Gasteiger charge is -1.99. The first-order valence-electron chi connectivity index (χ1n) is 5.56. The van der Waals surface area contributed by atoms with E-state index in [2.05, 4.69) is 21.1 Å². The molecule has 19 heavy (non-hydrogen) atoms. The van der Waals surface area contributed by atoms with Crippen LogP contribution in [0.25, 0.3) is 0 Å². The van der Waals surface area contributed by atoms with Crippen molar-refractivity contribution in [1.82, 2.24) is 10.9 Å². The maximum absolute atomic E-state index is 11.5. The smallest absolute Gasteiger partial charge is 0.245 e. The van der Waals surface area contributed by atoms with Crippen LogP contribution in [0.2, 0.25) is 5.02 Å². The largest absolute Gasteiger partial charge is 0.273 e. The fraction of sp³-hybridized carbons (Fsp3) is 0.167. The molecular formula is C12H11ClN4O2. The quantitative estimate of drug-likeness (QED) is 0.637. The second-order valence-electron chi connectivity index (χ2n) is 3.88. The van der Waals surface area contributed by atoms with Gasteiger partial charge in [-0.15, -0.1) is 0 Å². The molecular weight excluding hydrogens is 268 g/mol. The van der Waals surface area contributed by atoms with E-state index >= 15 is 0 Å². The lowest BCUT2D eigenvalue weighted by Crippen LogP contribution is -2.20. The molecule has 0 bridgehead atoms. The van der Waals surface area contributed by atoms with Crippen molar-refractivity contribution >= 4 is 35.3 Å². The lowest BCUT2D eigenvalue weighted by atomic mass is 10.2. The summed E-state index contributed by atoms with van der Waals surface area (Å²) in [5, 5.41) is 8.07. The van der Waals surface area contributed by atoms with Crippen LogP contribution in [0.3, 0.4) is 0 Å². The molecule has 1 aliphatic rings. The highest BCUT2D eigenvalue weighted by Gasteiger charge is 2.16. The molecule has 0 aliphatic carbocycles. The lowest BCUT2D eigenvalue weighted by molar-refractivity contribution is -0.119. The molecule has 7 heteroatoms. The summed E-state index contributed by atoms with van der Waals surface area (Å²) in [4.78, 5) is 22.4. The van der Waals surface area contributed by atoms with E-state index in [0.717, 1.165) is 0 Å². The van der Waals surface area contributed by atoms with Gasteiger partial charge in [-0.1, -0.05) is 29.8 Å². The number of nitrogens with zero attached hydrogens (tertiary/aromatic N) is 2. The molecule has 1 aliphatic heterocycles. The predicted molar refractivity (Wildman–Crippen MR) is 72.0 cm³/mol. The Kier molecular flexibility index (Phi) is 4.25. The maximum atomic E-state index is 11.5. The molecule has 0 fully saturated rings. The number of hydrazone groups is 2. The van der Waals surface area contributed by atoms with Gasteiger partial charge in [-0.05, 0) is 6.07 Å². The summed E-state index contributed by atoms with van der Waals surface area (Å²) in [6.07, 6.45) is 1.65. The van der Waals surface area contributed by atoms with Gasteiger partial charge < -0.3 is 0 Å². The molecule has 0 aromatic heterocycles. The van der Waals surface area contributed by atoms with Gasteiger partial charge in [-0.25, -0.2) is 10.9 Å². The maximum Gasteiger partial charge on any atom is 0.245 e. The van der Waals surface area contributed by atoms with Crippen LogP contribution in [-0.2, 0) is 9.59 Å². The first kappa shape index (κ1) is 13.2. The molecule has 2 amide bonds. The Hall–Kier alpha value is -2.21. The van der Waals surface area contributed by atoms with Crippen molar-refractivity contribution in [1.29, 1.82) is 0 Å². The molecule has 0 saturated carbocycles. The van der Waals surface area contributed by atoms with Crippen LogP contribution in [0.5, 0.6) is 0 Å². The molecule has 0 spiro atoms. The SMILES string of the molecule is O=C1CC(CC(=O)N/N=C\c2ccccc2Cl)=NN1. The van der Waals surface area contributed by atoms with Crippen molar-refractivity contribution < 1.29 is 9.59 Å². The summed E-state index contributed by atoms with van der Waals surface area (Å²) in [7, 11) is 0. The average molecular weight is 279 g/mol. The van der Waals surface area contributed by atoms with Crippen LogP contribution in [0, 0.1) is 0 Å². The monoisotopic (exact) mass is 278 g/mol. The van der Waals surface area contributed by atoms with Crippen molar-refractivity contribution in [3.63, 3.8) is 0 Å². The minimum Gasteiger partial charge on any atom is -0.273 e. The summed E-state index contributed by atoms with van der Waals surface area (Å²) in [5.74, 6) is -0.541. The number of carbonyl (C=O) groups excluding carboxylic acids is 2. The standard InChI is InChI=1S/C12H11ClN4O2/c13-10-4-2-1-3-8(10)7-14-16-11(18)5-9-6-12(19)17-15-9/h1-4,7H,5-6H2,(H,16,18)(H,17,19)/b14-7-. The zero-order valence-corrected chi connectivity index (χ0v) is 10.6. The first-order valence-corrected chi connectivity index (χ1v) is 5.93. The van der Waals surface area contributed by atoms with Crippen molar-refractivity contribution in [3.8, 4) is 0 Å². The summed E-state index contributed by atoms with van der Waals surface area (Å²) in [6, 6.07) is 7.14. The Morgan fingerprint density at radius 1 is 1.53 bits per heavy atom. The average Bonchev–Trinajstić information content (AvgIpc) is 2.77. The Balaban J connectivity index is 1.84. The minimum absolute atomic E-state index is 0.0403. The zero-order chi connectivity index (χ0) is 13.7. The molecule has 1 aromatic carbocycles. The van der Waals surface area contributed by atoms with Crippen LogP contribution in [-0.4, -0.2) is 23.7 Å². The Labute approximate surface area is 114 Å². The van der Waals surface area contributed by atoms with E-state index in [-0.39, 0.29) is 24.7 Å². The third-order valence-electron chi connectivity index (χ3n) is 2.37. The van der Waals surface area contributed by atoms with Crippen molar-refractivity contribution in [2.24, 2.45) is 10.2 Å². The van der Waals surface area contributed by atoms with E-state index < -0.39 is 0 Å². The molecule has 2 N–H and O–H groups in total. The topological polar surface area (TPSA) is 82.9 Å². The number of hydrogen-bond acceptors (Lipinski definition) is 4. The van der Waals surface area contributed by atoms with Gasteiger partial charge in [0.25, 0.3) is 0 Å². The van der Waals surface area contributed by atoms with Crippen LogP contribution < -0.4 is 10.9 Å². The van der Waals surface area contributed by atoms with Gasteiger partial charge >= 0.3 is 0 Å². The van der Waals surface area contributed by atoms with E-state index in [1.54, 1.807) is 18.2 Å². The molecule has 98 valence electrons. The van der Waals surface area contributed by atoms with Gasteiger partial charge in [0, 0.05) is 10.6 Å². The van der Waals surface area contributed by atoms with E-state index in [1.807, 2.05) is 6.07 Å². The molecule has 1 aromatic rings. The van der Waals surface area contributed by atoms with Gasteiger partial charge in [-0.2, -0.15) is 10.2 Å². The number of halogens is 1. The highest BCUT2D eigenvalue weighted by atomic mass is 35.5. The molecule has 0 radical (unpaired) electrons. The Bertz CT molecular complexity index is 569. The van der Waals surface area contributed by atoms with E-state index in [9.17, 15) is 9.59 Å². The highest BCUT2D eigenvalue weighted by Crippen LogP contribution is 2.12. The second-order valence-corrected chi connectivity index (χ2v) is 4.29. The van der Waals surface area contributed by atoms with E-state index in [4.69, 9.17) is 11.6 Å². The van der Waals surface area contributed by atoms with Gasteiger partial charge in [-0.3, -0.25) is 9.59 Å². The van der Waals surface area contributed by atoms with Crippen LogP contribution >= 0.6 is 11.6 Å². The molecule has 0 saturated heterocycles. The van der Waals surface area contributed by atoms with Gasteiger partial charge in [0.05, 0.1) is 24.8 Å². The number of hydrogen-bond donors (Lipinski definition) is 2. The molecule has 1 heterocycles. The van der Waals surface area contributed by atoms with Crippen molar-refractivity contribution in [2.45, 2.75) is 12.8 Å². The summed E-state index contributed by atoms with van der Waals surface area (Å²) < 4.78 is 0. The number of amides is 2. The van der Waals surface area contributed by atoms with Gasteiger partial charge in [0.2, 0.25) is 11.8 Å². The van der Waals surface area contributed by atoms with Crippen LogP contribution in [0.1, 0.15) is 18.4 Å². The summed E-state index contributed by atoms with van der Waals surface area (Å²) in [5.41, 5.74) is 5.83. The number of nitrogens with one attached hydrogen (secondary N) is 2. The van der Waals surface area contributed by atoms with Crippen molar-refractivity contribution in [3.05, 3.63) is 34.9 Å². The van der Waals surface area contributed by atoms with Crippen molar-refractivity contribution in [2.75, 3.05) is 0 Å². The van der Waals surface area contributed by atoms with Crippen LogP contribution in [0.15, 0.2) is 34.5 Å². The first-order chi connectivity index (χ1) is 9.15. The normalized spacial score (nSPS) is 14.4. The number of carbonyl (C=O) groups is 2. The molecule has 6 nitrogen and oxygen atoms in total. The number of rotatable bonds is 4. The third-order valence-corrected chi connectivity index (χ3v) is 2.71.